The standard InChI is InChI=1S/C16H21ClO4/c1-9(6-8-13(18)19)5-7-12-14(17)15(20)10(2)11(3)16(12)21-4/h5,20H,6-8H2,1-4H3,(H,18,19)/b9-5+. The van der Waals surface area contributed by atoms with Gasteiger partial charge in [0.2, 0.25) is 0 Å². The smallest absolute Gasteiger partial charge is 0.303 e. The fraction of sp³-hybridized carbons (Fsp3) is 0.438. The normalized spacial score (nSPS) is 11.6. The van der Waals surface area contributed by atoms with Gasteiger partial charge in [-0.15, -0.1) is 0 Å². The Morgan fingerprint density at radius 3 is 2.43 bits per heavy atom. The molecule has 0 aliphatic rings. The van der Waals surface area contributed by atoms with E-state index in [0.717, 1.165) is 16.7 Å². The van der Waals surface area contributed by atoms with Crippen molar-refractivity contribution in [3.05, 3.63) is 33.4 Å². The maximum Gasteiger partial charge on any atom is 0.303 e. The molecule has 0 aliphatic carbocycles. The van der Waals surface area contributed by atoms with Crippen molar-refractivity contribution in [1.29, 1.82) is 0 Å². The SMILES string of the molecule is COc1c(C)c(C)c(O)c(Cl)c1C/C=C(\C)CCC(=O)O. The van der Waals surface area contributed by atoms with E-state index in [1.165, 1.54) is 0 Å². The van der Waals surface area contributed by atoms with Gasteiger partial charge in [-0.3, -0.25) is 4.79 Å². The number of carbonyl (C=O) groups is 1. The van der Waals surface area contributed by atoms with Gasteiger partial charge in [-0.05, 0) is 44.7 Å². The van der Waals surface area contributed by atoms with Gasteiger partial charge in [-0.25, -0.2) is 0 Å². The Bertz CT molecular complexity index is 576. The number of halogens is 1. The number of aliphatic carboxylic acids is 1. The van der Waals surface area contributed by atoms with Crippen LogP contribution in [-0.4, -0.2) is 23.3 Å². The van der Waals surface area contributed by atoms with Gasteiger partial charge in [0.1, 0.15) is 11.5 Å². The highest BCUT2D eigenvalue weighted by molar-refractivity contribution is 6.33. The fourth-order valence-electron chi connectivity index (χ4n) is 2.12. The van der Waals surface area contributed by atoms with Crippen molar-refractivity contribution in [2.75, 3.05) is 7.11 Å². The molecule has 0 saturated carbocycles. The van der Waals surface area contributed by atoms with Crippen molar-refractivity contribution in [3.8, 4) is 11.5 Å². The highest BCUT2D eigenvalue weighted by Crippen LogP contribution is 2.41. The molecule has 0 radical (unpaired) electrons. The van der Waals surface area contributed by atoms with E-state index in [2.05, 4.69) is 0 Å². The zero-order valence-electron chi connectivity index (χ0n) is 12.8. The molecule has 0 unspecified atom stereocenters. The summed E-state index contributed by atoms with van der Waals surface area (Å²) in [4.78, 5) is 10.6. The van der Waals surface area contributed by atoms with E-state index >= 15 is 0 Å². The highest BCUT2D eigenvalue weighted by atomic mass is 35.5. The zero-order valence-corrected chi connectivity index (χ0v) is 13.5. The summed E-state index contributed by atoms with van der Waals surface area (Å²) in [7, 11) is 1.57. The van der Waals surface area contributed by atoms with E-state index in [4.69, 9.17) is 21.4 Å². The van der Waals surface area contributed by atoms with Gasteiger partial charge in [0.15, 0.2) is 0 Å². The van der Waals surface area contributed by atoms with Crippen LogP contribution in [0, 0.1) is 13.8 Å². The lowest BCUT2D eigenvalue weighted by Gasteiger charge is -2.16. The van der Waals surface area contributed by atoms with Crippen LogP contribution >= 0.6 is 11.6 Å². The minimum atomic E-state index is -0.817. The molecular weight excluding hydrogens is 292 g/mol. The van der Waals surface area contributed by atoms with Crippen LogP contribution in [0.3, 0.4) is 0 Å². The molecule has 1 aromatic carbocycles. The molecule has 0 saturated heterocycles. The monoisotopic (exact) mass is 312 g/mol. The molecule has 0 amide bonds. The molecule has 0 aromatic heterocycles. The summed E-state index contributed by atoms with van der Waals surface area (Å²) in [6.45, 7) is 5.54. The van der Waals surface area contributed by atoms with Crippen LogP contribution in [-0.2, 0) is 11.2 Å². The Hall–Kier alpha value is -1.68. The number of hydrogen-bond acceptors (Lipinski definition) is 3. The maximum absolute atomic E-state index is 10.6. The number of methoxy groups -OCH3 is 1. The summed E-state index contributed by atoms with van der Waals surface area (Å²) >= 11 is 6.21. The Kier molecular flexibility index (Phi) is 6.09. The lowest BCUT2D eigenvalue weighted by molar-refractivity contribution is -0.136. The molecule has 0 fully saturated rings. The Balaban J connectivity index is 3.08. The second-order valence-corrected chi connectivity index (χ2v) is 5.45. The number of benzene rings is 1. The third kappa shape index (κ3) is 4.14. The predicted octanol–water partition coefficient (Wildman–Crippen LogP) is 4.02. The van der Waals surface area contributed by atoms with Crippen molar-refractivity contribution in [3.63, 3.8) is 0 Å². The van der Waals surface area contributed by atoms with Crippen LogP contribution in [0.25, 0.3) is 0 Å². The lowest BCUT2D eigenvalue weighted by atomic mass is 9.99. The van der Waals surface area contributed by atoms with Gasteiger partial charge in [0.05, 0.1) is 12.1 Å². The summed E-state index contributed by atoms with van der Waals surface area (Å²) < 4.78 is 5.40. The molecule has 4 nitrogen and oxygen atoms in total. The highest BCUT2D eigenvalue weighted by Gasteiger charge is 2.18. The number of carboxylic acids is 1. The number of aromatic hydroxyl groups is 1. The molecule has 21 heavy (non-hydrogen) atoms. The van der Waals surface area contributed by atoms with E-state index in [-0.39, 0.29) is 17.2 Å². The third-order valence-corrected chi connectivity index (χ3v) is 4.00. The molecule has 0 spiro atoms. The lowest BCUT2D eigenvalue weighted by Crippen LogP contribution is -1.99. The van der Waals surface area contributed by atoms with E-state index < -0.39 is 5.97 Å². The van der Waals surface area contributed by atoms with Gasteiger partial charge in [-0.1, -0.05) is 23.3 Å². The van der Waals surface area contributed by atoms with Gasteiger partial charge in [0.25, 0.3) is 0 Å². The van der Waals surface area contributed by atoms with Gasteiger partial charge >= 0.3 is 5.97 Å². The van der Waals surface area contributed by atoms with Crippen LogP contribution in [0.1, 0.15) is 36.5 Å². The van der Waals surface area contributed by atoms with E-state index in [1.54, 1.807) is 14.0 Å². The molecule has 1 aromatic rings. The van der Waals surface area contributed by atoms with Crippen LogP contribution < -0.4 is 4.74 Å². The van der Waals surface area contributed by atoms with E-state index in [9.17, 15) is 9.90 Å². The van der Waals surface area contributed by atoms with E-state index in [1.807, 2.05) is 19.9 Å². The number of carboxylic acid groups (broad SMARTS) is 1. The predicted molar refractivity (Wildman–Crippen MR) is 83.5 cm³/mol. The first kappa shape index (κ1) is 17.4. The number of hydrogen-bond donors (Lipinski definition) is 2. The van der Waals surface area contributed by atoms with Crippen LogP contribution in [0.2, 0.25) is 5.02 Å². The average Bonchev–Trinajstić information content (AvgIpc) is 2.45. The third-order valence-electron chi connectivity index (χ3n) is 3.60. The average molecular weight is 313 g/mol. The number of ether oxygens (including phenoxy) is 1. The summed E-state index contributed by atoms with van der Waals surface area (Å²) in [5, 5.41) is 19.0. The Labute approximate surface area is 130 Å². The molecule has 1 rings (SSSR count). The van der Waals surface area contributed by atoms with Crippen molar-refractivity contribution in [2.24, 2.45) is 0 Å². The minimum absolute atomic E-state index is 0.0709. The second kappa shape index (κ2) is 7.36. The van der Waals surface area contributed by atoms with Crippen molar-refractivity contribution in [2.45, 2.75) is 40.0 Å². The van der Waals surface area contributed by atoms with Crippen LogP contribution in [0.5, 0.6) is 11.5 Å². The number of rotatable bonds is 6. The molecule has 0 atom stereocenters. The van der Waals surface area contributed by atoms with Gasteiger partial charge < -0.3 is 14.9 Å². The van der Waals surface area contributed by atoms with Crippen molar-refractivity contribution < 1.29 is 19.7 Å². The Morgan fingerprint density at radius 2 is 1.90 bits per heavy atom. The second-order valence-electron chi connectivity index (χ2n) is 5.07. The minimum Gasteiger partial charge on any atom is -0.506 e. The number of phenols is 1. The summed E-state index contributed by atoms with van der Waals surface area (Å²) in [6.07, 6.45) is 3.00. The number of phenolic OH excluding ortho intramolecular Hbond substituents is 1. The summed E-state index contributed by atoms with van der Waals surface area (Å²) in [6, 6.07) is 0. The number of allylic oxidation sites excluding steroid dienone is 2. The zero-order chi connectivity index (χ0) is 16.2. The van der Waals surface area contributed by atoms with Crippen LogP contribution in [0.4, 0.5) is 0 Å². The summed E-state index contributed by atoms with van der Waals surface area (Å²) in [5.41, 5.74) is 3.24. The molecule has 0 bridgehead atoms. The molecule has 2 N–H and O–H groups in total. The fourth-order valence-corrected chi connectivity index (χ4v) is 2.43. The maximum atomic E-state index is 10.6. The summed E-state index contributed by atoms with van der Waals surface area (Å²) in [5.74, 6) is -0.0821. The molecule has 0 heterocycles. The first-order valence-corrected chi connectivity index (χ1v) is 7.09. The molecular formula is C16H21ClO4. The molecule has 0 aliphatic heterocycles. The van der Waals surface area contributed by atoms with Crippen molar-refractivity contribution in [1.82, 2.24) is 0 Å². The first-order valence-electron chi connectivity index (χ1n) is 6.71. The quantitative estimate of drug-likeness (QED) is 0.778. The van der Waals surface area contributed by atoms with Crippen LogP contribution in [0.15, 0.2) is 11.6 Å². The Morgan fingerprint density at radius 1 is 1.29 bits per heavy atom. The van der Waals surface area contributed by atoms with Crippen molar-refractivity contribution >= 4 is 17.6 Å². The van der Waals surface area contributed by atoms with E-state index in [0.29, 0.717) is 24.2 Å². The largest absolute Gasteiger partial charge is 0.506 e. The molecule has 116 valence electrons. The first-order chi connectivity index (χ1) is 9.79. The topological polar surface area (TPSA) is 66.8 Å². The van der Waals surface area contributed by atoms with Gasteiger partial charge in [-0.2, -0.15) is 0 Å². The molecule has 5 heteroatoms. The van der Waals surface area contributed by atoms with Gasteiger partial charge in [0, 0.05) is 12.0 Å².